The molecule has 0 saturated heterocycles. The monoisotopic (exact) mass is 430 g/mol. The zero-order chi connectivity index (χ0) is 22.6. The van der Waals surface area contributed by atoms with Crippen molar-refractivity contribution in [2.24, 2.45) is 29.1 Å². The fourth-order valence-corrected chi connectivity index (χ4v) is 7.33. The van der Waals surface area contributed by atoms with Gasteiger partial charge in [-0.25, -0.2) is 0 Å². The summed E-state index contributed by atoms with van der Waals surface area (Å²) in [7, 11) is 0. The first-order valence-electron chi connectivity index (χ1n) is 13.5. The molecule has 31 heavy (non-hydrogen) atoms. The number of rotatable bonds is 8. The minimum Gasteiger partial charge on any atom is -0.393 e. The highest BCUT2D eigenvalue weighted by atomic mass is 16.3. The molecule has 3 aliphatic rings. The van der Waals surface area contributed by atoms with Crippen LogP contribution < -0.4 is 0 Å². The zero-order valence-electron chi connectivity index (χ0n) is 21.1. The van der Waals surface area contributed by atoms with Crippen LogP contribution in [0.15, 0.2) is 23.3 Å². The lowest BCUT2D eigenvalue weighted by Gasteiger charge is -2.44. The molecule has 0 aromatic rings. The van der Waals surface area contributed by atoms with Gasteiger partial charge in [-0.2, -0.15) is 0 Å². The van der Waals surface area contributed by atoms with Crippen molar-refractivity contribution in [3.63, 3.8) is 0 Å². The molecule has 0 heterocycles. The van der Waals surface area contributed by atoms with Gasteiger partial charge in [-0.15, -0.1) is 0 Å². The Hall–Kier alpha value is -0.600. The average Bonchev–Trinajstić information content (AvgIpc) is 3.12. The highest BCUT2D eigenvalue weighted by Gasteiger charge is 2.50. The van der Waals surface area contributed by atoms with Gasteiger partial charge >= 0.3 is 0 Å². The van der Waals surface area contributed by atoms with Crippen LogP contribution >= 0.6 is 0 Å². The Labute approximate surface area is 192 Å². The van der Waals surface area contributed by atoms with E-state index in [4.69, 9.17) is 0 Å². The van der Waals surface area contributed by atoms with Crippen LogP contribution in [0.25, 0.3) is 0 Å². The van der Waals surface area contributed by atoms with E-state index in [1.54, 1.807) is 5.57 Å². The second-order valence-electron chi connectivity index (χ2n) is 11.8. The first kappa shape index (κ1) is 25.0. The van der Waals surface area contributed by atoms with Crippen molar-refractivity contribution in [2.45, 2.75) is 130 Å². The maximum absolute atomic E-state index is 10.6. The third kappa shape index (κ3) is 5.67. The quantitative estimate of drug-likeness (QED) is 0.416. The molecule has 0 amide bonds. The zero-order valence-corrected chi connectivity index (χ0v) is 21.1. The van der Waals surface area contributed by atoms with Gasteiger partial charge in [-0.05, 0) is 99.7 Å². The van der Waals surface area contributed by atoms with Crippen molar-refractivity contribution in [2.75, 3.05) is 0 Å². The molecule has 0 aromatic heterocycles. The lowest BCUT2D eigenvalue weighted by atomic mass is 9.60. The van der Waals surface area contributed by atoms with E-state index < -0.39 is 5.60 Å². The summed E-state index contributed by atoms with van der Waals surface area (Å²) >= 11 is 0. The summed E-state index contributed by atoms with van der Waals surface area (Å²) in [4.78, 5) is 0. The standard InChI is InChI=1S/C29H50O2/c1-6-29(31,7-2)19-8-10-21(3)25-16-17-26-24(11-9-18-28(25,26)5)15-14-23-13-12-22(4)27(30)20-23/h14-15,21-22,25-27,30-31H,6-13,16-20H2,1-5H3/b23-14-,24-15+/t21-,22+,25?,26?,27?,28+/m0/s1. The predicted molar refractivity (Wildman–Crippen MR) is 132 cm³/mol. The summed E-state index contributed by atoms with van der Waals surface area (Å²) in [6, 6.07) is 0. The predicted octanol–water partition coefficient (Wildman–Crippen LogP) is 7.59. The molecule has 3 aliphatic carbocycles. The van der Waals surface area contributed by atoms with Gasteiger partial charge in [0.15, 0.2) is 0 Å². The summed E-state index contributed by atoms with van der Waals surface area (Å²) in [5.41, 5.74) is 3.15. The van der Waals surface area contributed by atoms with Crippen LogP contribution in [0.3, 0.4) is 0 Å². The topological polar surface area (TPSA) is 40.5 Å². The van der Waals surface area contributed by atoms with Gasteiger partial charge in [0, 0.05) is 0 Å². The lowest BCUT2D eigenvalue weighted by molar-refractivity contribution is 0.0178. The van der Waals surface area contributed by atoms with Gasteiger partial charge in [0.2, 0.25) is 0 Å². The molecule has 0 radical (unpaired) electrons. The van der Waals surface area contributed by atoms with E-state index in [0.29, 0.717) is 11.3 Å². The highest BCUT2D eigenvalue weighted by Crippen LogP contribution is 2.60. The van der Waals surface area contributed by atoms with E-state index in [9.17, 15) is 10.2 Å². The molecule has 6 atom stereocenters. The Morgan fingerprint density at radius 2 is 1.87 bits per heavy atom. The van der Waals surface area contributed by atoms with Gasteiger partial charge in [-0.1, -0.05) is 70.8 Å². The number of allylic oxidation sites excluding steroid dienone is 3. The highest BCUT2D eigenvalue weighted by molar-refractivity contribution is 5.26. The number of aliphatic hydroxyl groups excluding tert-OH is 1. The van der Waals surface area contributed by atoms with E-state index in [-0.39, 0.29) is 6.10 Å². The van der Waals surface area contributed by atoms with Crippen molar-refractivity contribution < 1.29 is 10.2 Å². The molecule has 3 saturated carbocycles. The van der Waals surface area contributed by atoms with Gasteiger partial charge in [-0.3, -0.25) is 0 Å². The summed E-state index contributed by atoms with van der Waals surface area (Å²) in [5, 5.41) is 20.9. The van der Waals surface area contributed by atoms with Gasteiger partial charge in [0.1, 0.15) is 0 Å². The van der Waals surface area contributed by atoms with E-state index in [0.717, 1.165) is 62.7 Å². The minimum absolute atomic E-state index is 0.148. The molecule has 2 nitrogen and oxygen atoms in total. The molecular formula is C29H50O2. The summed E-state index contributed by atoms with van der Waals surface area (Å²) in [6.45, 7) is 11.5. The van der Waals surface area contributed by atoms with Gasteiger partial charge in [0.25, 0.3) is 0 Å². The van der Waals surface area contributed by atoms with E-state index >= 15 is 0 Å². The van der Waals surface area contributed by atoms with E-state index in [2.05, 4.69) is 46.8 Å². The number of aliphatic hydroxyl groups is 2. The molecule has 0 aliphatic heterocycles. The summed E-state index contributed by atoms with van der Waals surface area (Å²) in [5.74, 6) is 2.77. The van der Waals surface area contributed by atoms with Crippen LogP contribution in [0.4, 0.5) is 0 Å². The number of hydrogen-bond acceptors (Lipinski definition) is 2. The molecule has 0 spiro atoms. The van der Waals surface area contributed by atoms with Crippen molar-refractivity contribution in [1.82, 2.24) is 0 Å². The van der Waals surface area contributed by atoms with Gasteiger partial charge < -0.3 is 10.2 Å². The van der Waals surface area contributed by atoms with Gasteiger partial charge in [0.05, 0.1) is 11.7 Å². The van der Waals surface area contributed by atoms with Crippen LogP contribution in [-0.4, -0.2) is 21.9 Å². The van der Waals surface area contributed by atoms with Crippen LogP contribution in [0.1, 0.15) is 118 Å². The molecule has 2 heteroatoms. The first-order valence-corrected chi connectivity index (χ1v) is 13.5. The second kappa shape index (κ2) is 10.6. The van der Waals surface area contributed by atoms with Crippen molar-refractivity contribution in [1.29, 1.82) is 0 Å². The fourth-order valence-electron chi connectivity index (χ4n) is 7.33. The average molecular weight is 431 g/mol. The Kier molecular flexibility index (Phi) is 8.52. The maximum Gasteiger partial charge on any atom is 0.0642 e. The maximum atomic E-state index is 10.6. The van der Waals surface area contributed by atoms with E-state index in [1.165, 1.54) is 44.1 Å². The normalized spacial score (nSPS) is 37.9. The molecule has 2 N–H and O–H groups in total. The molecule has 178 valence electrons. The summed E-state index contributed by atoms with van der Waals surface area (Å²) in [6.07, 6.45) is 19.7. The second-order valence-corrected chi connectivity index (χ2v) is 11.8. The molecular weight excluding hydrogens is 380 g/mol. The largest absolute Gasteiger partial charge is 0.393 e. The summed E-state index contributed by atoms with van der Waals surface area (Å²) < 4.78 is 0. The molecule has 0 aromatic carbocycles. The number of fused-ring (bicyclic) bond motifs is 1. The van der Waals surface area contributed by atoms with Crippen molar-refractivity contribution in [3.05, 3.63) is 23.3 Å². The molecule has 3 rings (SSSR count). The molecule has 0 bridgehead atoms. The van der Waals surface area contributed by atoms with Crippen molar-refractivity contribution in [3.8, 4) is 0 Å². The minimum atomic E-state index is -0.444. The first-order chi connectivity index (χ1) is 14.7. The van der Waals surface area contributed by atoms with Crippen LogP contribution in [0, 0.1) is 29.1 Å². The Morgan fingerprint density at radius 1 is 1.13 bits per heavy atom. The fraction of sp³-hybridized carbons (Fsp3) is 0.862. The third-order valence-corrected chi connectivity index (χ3v) is 9.92. The molecule has 3 fully saturated rings. The Morgan fingerprint density at radius 3 is 2.55 bits per heavy atom. The lowest BCUT2D eigenvalue weighted by Crippen LogP contribution is -2.36. The van der Waals surface area contributed by atoms with Crippen LogP contribution in [0.5, 0.6) is 0 Å². The Balaban J connectivity index is 1.62. The van der Waals surface area contributed by atoms with Crippen molar-refractivity contribution >= 4 is 0 Å². The molecule has 3 unspecified atom stereocenters. The smallest absolute Gasteiger partial charge is 0.0642 e. The number of hydrogen-bond donors (Lipinski definition) is 2. The van der Waals surface area contributed by atoms with E-state index in [1.807, 2.05) is 0 Å². The third-order valence-electron chi connectivity index (χ3n) is 9.92. The van der Waals surface area contributed by atoms with Crippen LogP contribution in [-0.2, 0) is 0 Å². The Bertz CT molecular complexity index is 643. The van der Waals surface area contributed by atoms with Crippen LogP contribution in [0.2, 0.25) is 0 Å². The SMILES string of the molecule is CCC(O)(CC)CCC[C@H](C)C1CCC2/C(=C/C=C3/CC[C@@H](C)C(O)C3)CCC[C@@]21C.